The van der Waals surface area contributed by atoms with Crippen LogP contribution in [0.1, 0.15) is 27.7 Å². The Hall–Kier alpha value is -4.06. The average molecular weight is 489 g/mol. The fourth-order valence-electron chi connectivity index (χ4n) is 2.93. The van der Waals surface area contributed by atoms with Crippen LogP contribution in [0.2, 0.25) is 0 Å². The van der Waals surface area contributed by atoms with Crippen LogP contribution in [0, 0.1) is 11.6 Å². The van der Waals surface area contributed by atoms with E-state index in [1.165, 1.54) is 7.05 Å². The molecule has 6 N–H and O–H groups in total. The van der Waals surface area contributed by atoms with Gasteiger partial charge in [0.1, 0.15) is 0 Å². The molecule has 10 nitrogen and oxygen atoms in total. The van der Waals surface area contributed by atoms with Crippen molar-refractivity contribution in [3.8, 4) is 17.1 Å². The molecule has 0 saturated carbocycles. The van der Waals surface area contributed by atoms with Gasteiger partial charge in [-0.3, -0.25) is 15.0 Å². The van der Waals surface area contributed by atoms with Crippen molar-refractivity contribution >= 4 is 28.4 Å². The van der Waals surface area contributed by atoms with Crippen LogP contribution >= 0.6 is 0 Å². The minimum atomic E-state index is -0.955. The molecule has 2 aromatic heterocycles. The highest BCUT2D eigenvalue weighted by Crippen LogP contribution is 2.28. The van der Waals surface area contributed by atoms with Crippen LogP contribution in [0.15, 0.2) is 36.5 Å². The lowest BCUT2D eigenvalue weighted by Gasteiger charge is -2.11. The van der Waals surface area contributed by atoms with Crippen LogP contribution in [-0.2, 0) is 4.79 Å². The number of halogens is 2. The Morgan fingerprint density at radius 1 is 1.11 bits per heavy atom. The van der Waals surface area contributed by atoms with Crippen LogP contribution in [0.25, 0.3) is 22.3 Å². The Bertz CT molecular complexity index is 1220. The number of H-pyrrole nitrogens is 2. The number of nitrogens with two attached hydrogens (primary N) is 1. The minimum Gasteiger partial charge on any atom is -0.478 e. The number of nitrogens with one attached hydrogen (secondary N) is 4. The summed E-state index contributed by atoms with van der Waals surface area (Å²) in [7, 11) is 1.50. The second kappa shape index (κ2) is 13.0. The molecule has 4 rings (SSSR count). The van der Waals surface area contributed by atoms with Gasteiger partial charge in [0.25, 0.3) is 5.91 Å². The number of aromatic nitrogens is 5. The van der Waals surface area contributed by atoms with Crippen molar-refractivity contribution in [2.24, 2.45) is 5.73 Å². The van der Waals surface area contributed by atoms with E-state index >= 15 is 0 Å². The van der Waals surface area contributed by atoms with Crippen LogP contribution < -0.4 is 21.1 Å². The van der Waals surface area contributed by atoms with Gasteiger partial charge in [-0.2, -0.15) is 10.1 Å². The number of hydrogen-bond donors (Lipinski definition) is 5. The van der Waals surface area contributed by atoms with Crippen molar-refractivity contribution in [1.82, 2.24) is 30.7 Å². The van der Waals surface area contributed by atoms with Crippen molar-refractivity contribution in [1.29, 1.82) is 0 Å². The molecular formula is C23H30F2N8O2. The lowest BCUT2D eigenvalue weighted by Crippen LogP contribution is -2.34. The summed E-state index contributed by atoms with van der Waals surface area (Å²) in [6, 6.07) is 7.53. The summed E-state index contributed by atoms with van der Waals surface area (Å²) in [5.74, 6) is -2.63. The van der Waals surface area contributed by atoms with E-state index in [0.717, 1.165) is 28.7 Å². The summed E-state index contributed by atoms with van der Waals surface area (Å²) in [5, 5.41) is 20.0. The highest BCUT2D eigenvalue weighted by molar-refractivity contribution is 5.82. The van der Waals surface area contributed by atoms with E-state index in [9.17, 15) is 13.6 Å². The first kappa shape index (κ1) is 27.2. The number of amides is 1. The van der Waals surface area contributed by atoms with Gasteiger partial charge in [-0.05, 0) is 51.2 Å². The number of aromatic amines is 2. The van der Waals surface area contributed by atoms with Crippen LogP contribution in [-0.4, -0.2) is 51.0 Å². The molecular weight excluding hydrogens is 458 g/mol. The molecule has 188 valence electrons. The lowest BCUT2D eigenvalue weighted by molar-refractivity contribution is -0.123. The molecule has 0 spiro atoms. The number of carbonyl (C=O) groups excluding carboxylic acids is 1. The van der Waals surface area contributed by atoms with E-state index in [4.69, 9.17) is 4.74 Å². The highest BCUT2D eigenvalue weighted by atomic mass is 19.1. The van der Waals surface area contributed by atoms with E-state index in [0.29, 0.717) is 0 Å². The smallest absolute Gasteiger partial charge is 0.258 e. The summed E-state index contributed by atoms with van der Waals surface area (Å²) >= 11 is 0. The average Bonchev–Trinajstić information content (AvgIpc) is 3.50. The quantitative estimate of drug-likeness (QED) is 0.265. The number of benzene rings is 2. The first-order valence-electron chi connectivity index (χ1n) is 11.0. The van der Waals surface area contributed by atoms with Gasteiger partial charge < -0.3 is 21.1 Å². The van der Waals surface area contributed by atoms with Gasteiger partial charge in [-0.1, -0.05) is 13.8 Å². The van der Waals surface area contributed by atoms with Crippen molar-refractivity contribution in [2.45, 2.75) is 33.7 Å². The van der Waals surface area contributed by atoms with E-state index < -0.39 is 29.9 Å². The maximum atomic E-state index is 14.4. The molecule has 0 aliphatic carbocycles. The zero-order valence-electron chi connectivity index (χ0n) is 20.2. The van der Waals surface area contributed by atoms with E-state index in [2.05, 4.69) is 41.7 Å². The van der Waals surface area contributed by atoms with Gasteiger partial charge in [-0.25, -0.2) is 8.78 Å². The molecule has 0 bridgehead atoms. The third-order valence-electron chi connectivity index (χ3n) is 4.25. The van der Waals surface area contributed by atoms with Crippen molar-refractivity contribution < 1.29 is 18.3 Å². The van der Waals surface area contributed by atoms with Crippen molar-refractivity contribution in [2.75, 3.05) is 19.0 Å². The molecule has 2 heterocycles. The van der Waals surface area contributed by atoms with Gasteiger partial charge in [0, 0.05) is 22.7 Å². The molecule has 0 atom stereocenters. The van der Waals surface area contributed by atoms with Gasteiger partial charge in [0.05, 0.1) is 11.7 Å². The fourth-order valence-corrected chi connectivity index (χ4v) is 2.93. The number of rotatable bonds is 7. The van der Waals surface area contributed by atoms with Crippen LogP contribution in [0.5, 0.6) is 5.75 Å². The molecule has 12 heteroatoms. The lowest BCUT2D eigenvalue weighted by atomic mass is 10.2. The van der Waals surface area contributed by atoms with Gasteiger partial charge >= 0.3 is 0 Å². The zero-order chi connectivity index (χ0) is 26.0. The molecule has 0 saturated heterocycles. The molecule has 35 heavy (non-hydrogen) atoms. The molecule has 1 amide bonds. The molecule has 0 aliphatic heterocycles. The molecule has 2 aromatic carbocycles. The van der Waals surface area contributed by atoms with E-state index in [1.807, 2.05) is 32.0 Å². The number of fused-ring (bicyclic) bond motifs is 1. The zero-order valence-corrected chi connectivity index (χ0v) is 20.2. The van der Waals surface area contributed by atoms with Crippen molar-refractivity contribution in [3.05, 3.63) is 48.2 Å². The number of anilines is 2. The number of carbonyl (C=O) groups is 1. The van der Waals surface area contributed by atoms with E-state index in [1.54, 1.807) is 20.0 Å². The van der Waals surface area contributed by atoms with Crippen molar-refractivity contribution in [3.63, 3.8) is 0 Å². The summed E-state index contributed by atoms with van der Waals surface area (Å²) in [4.78, 5) is 15.9. The Morgan fingerprint density at radius 3 is 2.46 bits per heavy atom. The highest BCUT2D eigenvalue weighted by Gasteiger charge is 2.17. The maximum absolute atomic E-state index is 14.4. The monoisotopic (exact) mass is 488 g/mol. The number of nitrogens with zero attached hydrogens (tertiary/aromatic N) is 3. The Balaban J connectivity index is 0.00000103. The summed E-state index contributed by atoms with van der Waals surface area (Å²) in [6.45, 7) is 7.04. The maximum Gasteiger partial charge on any atom is 0.258 e. The molecule has 0 radical (unpaired) electrons. The topological polar surface area (TPSA) is 147 Å². The molecule has 4 aromatic rings. The Labute approximate surface area is 201 Å². The third kappa shape index (κ3) is 7.21. The summed E-state index contributed by atoms with van der Waals surface area (Å²) in [6.07, 6.45) is 1.69. The predicted octanol–water partition coefficient (Wildman–Crippen LogP) is 3.87. The van der Waals surface area contributed by atoms with Crippen LogP contribution in [0.4, 0.5) is 20.4 Å². The molecule has 0 fully saturated rings. The SMILES string of the molecule is CC.CC(C)NC(=O)COc1c(F)cc(-c2nc(Nc3ccc4[nH]ncc4c3)n[nH]2)cc1F.CN. The Kier molecular flexibility index (Phi) is 10.1. The van der Waals surface area contributed by atoms with Gasteiger partial charge in [-0.15, -0.1) is 5.10 Å². The third-order valence-corrected chi connectivity index (χ3v) is 4.25. The second-order valence-electron chi connectivity index (χ2n) is 7.08. The fraction of sp³-hybridized carbons (Fsp3) is 0.304. The van der Waals surface area contributed by atoms with Crippen LogP contribution in [0.3, 0.4) is 0 Å². The normalized spacial score (nSPS) is 10.2. The predicted molar refractivity (Wildman–Crippen MR) is 131 cm³/mol. The second-order valence-corrected chi connectivity index (χ2v) is 7.08. The van der Waals surface area contributed by atoms with E-state index in [-0.39, 0.29) is 23.4 Å². The van der Waals surface area contributed by atoms with Gasteiger partial charge in [0.15, 0.2) is 29.8 Å². The number of ether oxygens (including phenoxy) is 1. The molecule has 0 aliphatic rings. The van der Waals surface area contributed by atoms with Gasteiger partial charge in [0.2, 0.25) is 5.95 Å². The standard InChI is InChI=1S/C20H19F2N7O2.C2H6.CH5N/c1-10(2)24-17(30)9-31-18-14(21)6-11(7-15(18)22)19-26-20(29-28-19)25-13-3-4-16-12(5-13)8-23-27-16;2*1-2/h3-8,10H,9H2,1-2H3,(H,23,27)(H,24,30)(H2,25,26,28,29);1-2H3;2H2,1H3. The first-order valence-corrected chi connectivity index (χ1v) is 11.0. The molecule has 0 unspecified atom stereocenters. The Morgan fingerprint density at radius 2 is 1.80 bits per heavy atom. The summed E-state index contributed by atoms with van der Waals surface area (Å²) < 4.78 is 33.8. The summed E-state index contributed by atoms with van der Waals surface area (Å²) in [5.41, 5.74) is 6.25. The first-order chi connectivity index (χ1) is 16.9. The number of hydrogen-bond acceptors (Lipinski definition) is 7. The largest absolute Gasteiger partial charge is 0.478 e. The minimum absolute atomic E-state index is 0.107.